The molecule has 1 aromatic carbocycles. The lowest BCUT2D eigenvalue weighted by atomic mass is 10.2. The fourth-order valence-electron chi connectivity index (χ4n) is 2.24. The number of nitrogens with one attached hydrogen (secondary N) is 1. The monoisotopic (exact) mass is 361 g/mol. The van der Waals surface area contributed by atoms with Gasteiger partial charge in [0.2, 0.25) is 0 Å². The van der Waals surface area contributed by atoms with Gasteiger partial charge >= 0.3 is 12.0 Å². The summed E-state index contributed by atoms with van der Waals surface area (Å²) in [5, 5.41) is 5.25. The van der Waals surface area contributed by atoms with Gasteiger partial charge in [-0.3, -0.25) is 0 Å². The highest BCUT2D eigenvalue weighted by molar-refractivity contribution is 7.09. The molecule has 0 radical (unpaired) electrons. The van der Waals surface area contributed by atoms with Crippen LogP contribution in [0.1, 0.15) is 41.8 Å². The number of esters is 1. The molecular weight excluding hydrogens is 338 g/mol. The topological polar surface area (TPSA) is 71.5 Å². The predicted octanol–water partition coefficient (Wildman–Crippen LogP) is 4.07. The Kier molecular flexibility index (Phi) is 6.52. The maximum absolute atomic E-state index is 12.6. The molecule has 1 aromatic heterocycles. The molecule has 0 aliphatic rings. The maximum Gasteiger partial charge on any atom is 0.357 e. The van der Waals surface area contributed by atoms with Gasteiger partial charge in [-0.1, -0.05) is 12.1 Å². The van der Waals surface area contributed by atoms with Crippen LogP contribution >= 0.6 is 11.3 Å². The van der Waals surface area contributed by atoms with Crippen LogP contribution in [0.2, 0.25) is 0 Å². The van der Waals surface area contributed by atoms with Crippen molar-refractivity contribution in [2.75, 3.05) is 11.9 Å². The molecule has 2 aromatic rings. The van der Waals surface area contributed by atoms with Gasteiger partial charge in [0, 0.05) is 17.1 Å². The van der Waals surface area contributed by atoms with Gasteiger partial charge in [-0.05, 0) is 45.4 Å². The number of carbonyl (C=O) groups is 2. The summed E-state index contributed by atoms with van der Waals surface area (Å²) in [6.45, 7) is 8.25. The molecule has 1 N–H and O–H groups in total. The highest BCUT2D eigenvalue weighted by Gasteiger charge is 2.20. The minimum atomic E-state index is -0.440. The van der Waals surface area contributed by atoms with E-state index in [0.29, 0.717) is 18.2 Å². The van der Waals surface area contributed by atoms with E-state index in [-0.39, 0.29) is 17.8 Å². The number of aryl methyl sites for hydroxylation is 1. The van der Waals surface area contributed by atoms with Crippen molar-refractivity contribution in [3.8, 4) is 0 Å². The van der Waals surface area contributed by atoms with Gasteiger partial charge in [0.1, 0.15) is 5.01 Å². The van der Waals surface area contributed by atoms with Crippen LogP contribution in [0.25, 0.3) is 0 Å². The second-order valence-corrected chi connectivity index (χ2v) is 6.81. The second-order valence-electron chi connectivity index (χ2n) is 5.87. The fraction of sp³-hybridized carbons (Fsp3) is 0.389. The maximum atomic E-state index is 12.6. The molecule has 0 fully saturated rings. The number of carbonyl (C=O) groups excluding carboxylic acids is 2. The molecule has 6 nitrogen and oxygen atoms in total. The summed E-state index contributed by atoms with van der Waals surface area (Å²) in [6, 6.07) is 7.43. The van der Waals surface area contributed by atoms with E-state index in [0.717, 1.165) is 11.3 Å². The number of anilines is 1. The van der Waals surface area contributed by atoms with E-state index < -0.39 is 5.97 Å². The van der Waals surface area contributed by atoms with Gasteiger partial charge in [0.25, 0.3) is 0 Å². The molecular formula is C18H23N3O3S. The summed E-state index contributed by atoms with van der Waals surface area (Å²) in [5.41, 5.74) is 2.11. The first-order valence-corrected chi connectivity index (χ1v) is 9.04. The molecule has 134 valence electrons. The lowest BCUT2D eigenvalue weighted by molar-refractivity contribution is 0.0520. The minimum absolute atomic E-state index is 0.0141. The van der Waals surface area contributed by atoms with Crippen LogP contribution in [0.4, 0.5) is 10.5 Å². The van der Waals surface area contributed by atoms with Crippen molar-refractivity contribution in [1.29, 1.82) is 0 Å². The summed E-state index contributed by atoms with van der Waals surface area (Å²) in [4.78, 5) is 30.3. The fourth-order valence-corrected chi connectivity index (χ4v) is 3.00. The van der Waals surface area contributed by atoms with Gasteiger partial charge in [-0.25, -0.2) is 14.6 Å². The number of ether oxygens (including phenoxy) is 1. The van der Waals surface area contributed by atoms with Gasteiger partial charge < -0.3 is 15.0 Å². The molecule has 0 spiro atoms. The molecule has 2 rings (SSSR count). The molecule has 0 saturated heterocycles. The van der Waals surface area contributed by atoms with E-state index in [1.54, 1.807) is 17.2 Å². The van der Waals surface area contributed by atoms with Crippen molar-refractivity contribution >= 4 is 29.0 Å². The number of amides is 2. The molecule has 7 heteroatoms. The number of rotatable bonds is 6. The van der Waals surface area contributed by atoms with Crippen molar-refractivity contribution in [3.05, 3.63) is 45.9 Å². The van der Waals surface area contributed by atoms with E-state index >= 15 is 0 Å². The Bertz CT molecular complexity index is 743. The van der Waals surface area contributed by atoms with E-state index in [2.05, 4.69) is 10.3 Å². The first kappa shape index (κ1) is 18.9. The zero-order valence-corrected chi connectivity index (χ0v) is 15.7. The Labute approximate surface area is 151 Å². The molecule has 0 unspecified atom stereocenters. The quantitative estimate of drug-likeness (QED) is 0.787. The van der Waals surface area contributed by atoms with Crippen molar-refractivity contribution in [2.24, 2.45) is 0 Å². The summed E-state index contributed by atoms with van der Waals surface area (Å²) in [7, 11) is 0. The molecule has 0 bridgehead atoms. The normalized spacial score (nSPS) is 10.6. The molecule has 0 saturated carbocycles. The van der Waals surface area contributed by atoms with Crippen molar-refractivity contribution in [2.45, 2.75) is 40.3 Å². The summed E-state index contributed by atoms with van der Waals surface area (Å²) >= 11 is 1.34. The average Bonchev–Trinajstić information content (AvgIpc) is 3.01. The molecule has 2 amide bonds. The largest absolute Gasteiger partial charge is 0.461 e. The number of nitrogens with zero attached hydrogens (tertiary/aromatic N) is 2. The molecule has 1 heterocycles. The van der Waals surface area contributed by atoms with Crippen LogP contribution in [0.3, 0.4) is 0 Å². The lowest BCUT2D eigenvalue weighted by Gasteiger charge is -2.26. The van der Waals surface area contributed by atoms with E-state index in [1.165, 1.54) is 11.3 Å². The van der Waals surface area contributed by atoms with Crippen LogP contribution in [-0.2, 0) is 11.3 Å². The van der Waals surface area contributed by atoms with Crippen LogP contribution in [0.15, 0.2) is 29.6 Å². The van der Waals surface area contributed by atoms with Crippen LogP contribution in [0, 0.1) is 6.92 Å². The van der Waals surface area contributed by atoms with Crippen LogP contribution in [-0.4, -0.2) is 34.5 Å². The summed E-state index contributed by atoms with van der Waals surface area (Å²) < 4.78 is 4.94. The Hall–Kier alpha value is -2.41. The highest BCUT2D eigenvalue weighted by atomic mass is 32.1. The number of hydrogen-bond acceptors (Lipinski definition) is 5. The van der Waals surface area contributed by atoms with Gasteiger partial charge in [0.05, 0.1) is 13.2 Å². The Morgan fingerprint density at radius 1 is 1.36 bits per heavy atom. The lowest BCUT2D eigenvalue weighted by Crippen LogP contribution is -2.39. The molecule has 0 aliphatic heterocycles. The van der Waals surface area contributed by atoms with Crippen LogP contribution in [0.5, 0.6) is 0 Å². The highest BCUT2D eigenvalue weighted by Crippen LogP contribution is 2.17. The van der Waals surface area contributed by atoms with Gasteiger partial charge in [0.15, 0.2) is 5.69 Å². The molecule has 25 heavy (non-hydrogen) atoms. The smallest absolute Gasteiger partial charge is 0.357 e. The Balaban J connectivity index is 2.07. The zero-order valence-electron chi connectivity index (χ0n) is 14.9. The van der Waals surface area contributed by atoms with E-state index in [1.807, 2.05) is 45.0 Å². The third-order valence-corrected chi connectivity index (χ3v) is 4.33. The van der Waals surface area contributed by atoms with E-state index in [4.69, 9.17) is 4.74 Å². The third kappa shape index (κ3) is 5.29. The number of thiazole rings is 1. The standard InChI is InChI=1S/C18H23N3O3S/c1-5-24-17(22)15-11-25-16(20-15)10-21(12(2)3)18(23)19-14-8-6-7-13(4)9-14/h6-9,11-12H,5,10H2,1-4H3,(H,19,23). The number of aromatic nitrogens is 1. The Morgan fingerprint density at radius 2 is 2.12 bits per heavy atom. The predicted molar refractivity (Wildman–Crippen MR) is 98.9 cm³/mol. The summed E-state index contributed by atoms with van der Waals surface area (Å²) in [5.74, 6) is -0.440. The van der Waals surface area contributed by atoms with Gasteiger partial charge in [-0.15, -0.1) is 11.3 Å². The first-order valence-electron chi connectivity index (χ1n) is 8.16. The number of benzene rings is 1. The molecule has 0 atom stereocenters. The summed E-state index contributed by atoms with van der Waals surface area (Å²) in [6.07, 6.45) is 0. The second kappa shape index (κ2) is 8.62. The van der Waals surface area contributed by atoms with Crippen molar-refractivity contribution < 1.29 is 14.3 Å². The zero-order chi connectivity index (χ0) is 18.4. The molecule has 0 aliphatic carbocycles. The van der Waals surface area contributed by atoms with Crippen LogP contribution < -0.4 is 5.32 Å². The average molecular weight is 361 g/mol. The SMILES string of the molecule is CCOC(=O)c1csc(CN(C(=O)Nc2cccc(C)c2)C(C)C)n1. The minimum Gasteiger partial charge on any atom is -0.461 e. The first-order chi connectivity index (χ1) is 11.9. The van der Waals surface area contributed by atoms with E-state index in [9.17, 15) is 9.59 Å². The number of urea groups is 1. The number of hydrogen-bond donors (Lipinski definition) is 1. The third-order valence-electron chi connectivity index (χ3n) is 3.50. The van der Waals surface area contributed by atoms with Crippen molar-refractivity contribution in [3.63, 3.8) is 0 Å². The van der Waals surface area contributed by atoms with Crippen molar-refractivity contribution in [1.82, 2.24) is 9.88 Å². The Morgan fingerprint density at radius 3 is 2.76 bits per heavy atom. The van der Waals surface area contributed by atoms with Gasteiger partial charge in [-0.2, -0.15) is 0 Å².